The van der Waals surface area contributed by atoms with E-state index in [2.05, 4.69) is 36.2 Å². The number of hydrogen-bond acceptors (Lipinski definition) is 3. The zero-order valence-electron chi connectivity index (χ0n) is 15.7. The molecule has 2 aromatic carbocycles. The van der Waals surface area contributed by atoms with Gasteiger partial charge in [-0.05, 0) is 67.4 Å². The second-order valence-corrected chi connectivity index (χ2v) is 8.34. The fraction of sp³-hybridized carbons (Fsp3) is 0.409. The molecule has 1 fully saturated rings. The van der Waals surface area contributed by atoms with Crippen molar-refractivity contribution in [2.45, 2.75) is 38.1 Å². The number of benzene rings is 2. The van der Waals surface area contributed by atoms with Crippen molar-refractivity contribution in [3.05, 3.63) is 59.7 Å². The zero-order valence-corrected chi connectivity index (χ0v) is 16.5. The monoisotopic (exact) mass is 368 g/mol. The molecule has 2 aromatic rings. The molecule has 1 saturated heterocycles. The van der Waals surface area contributed by atoms with Crippen molar-refractivity contribution in [2.24, 2.45) is 5.92 Å². The van der Waals surface area contributed by atoms with Crippen LogP contribution in [0.15, 0.2) is 53.4 Å². The summed E-state index contributed by atoms with van der Waals surface area (Å²) in [5.41, 5.74) is 2.87. The number of anilines is 1. The molecule has 4 heteroatoms. The van der Waals surface area contributed by atoms with Gasteiger partial charge in [-0.2, -0.15) is 0 Å². The fourth-order valence-electron chi connectivity index (χ4n) is 3.29. The second kappa shape index (κ2) is 9.24. The Bertz CT molecular complexity index is 721. The lowest BCUT2D eigenvalue weighted by molar-refractivity contribution is 0.102. The SMILES string of the molecule is CCSc1ccccc1NC(=O)c1ccc(CN2CCC(C)CC2)cc1. The minimum absolute atomic E-state index is 0.0486. The molecule has 3 rings (SSSR count). The first-order valence-corrected chi connectivity index (χ1v) is 10.5. The summed E-state index contributed by atoms with van der Waals surface area (Å²) in [5.74, 6) is 1.79. The number of rotatable bonds is 6. The molecule has 0 saturated carbocycles. The van der Waals surface area contributed by atoms with Gasteiger partial charge in [0.15, 0.2) is 0 Å². The predicted octanol–water partition coefficient (Wildman–Crippen LogP) is 5.28. The Morgan fingerprint density at radius 2 is 1.81 bits per heavy atom. The summed E-state index contributed by atoms with van der Waals surface area (Å²) in [6.07, 6.45) is 2.57. The smallest absolute Gasteiger partial charge is 0.255 e. The fourth-order valence-corrected chi connectivity index (χ4v) is 4.05. The summed E-state index contributed by atoms with van der Waals surface area (Å²) in [5, 5.41) is 3.05. The predicted molar refractivity (Wildman–Crippen MR) is 111 cm³/mol. The Hall–Kier alpha value is -1.78. The van der Waals surface area contributed by atoms with Crippen molar-refractivity contribution in [2.75, 3.05) is 24.2 Å². The number of carbonyl (C=O) groups is 1. The van der Waals surface area contributed by atoms with Gasteiger partial charge in [-0.3, -0.25) is 9.69 Å². The van der Waals surface area contributed by atoms with Crippen molar-refractivity contribution >= 4 is 23.4 Å². The number of nitrogens with one attached hydrogen (secondary N) is 1. The third-order valence-corrected chi connectivity index (χ3v) is 5.89. The van der Waals surface area contributed by atoms with Gasteiger partial charge in [-0.25, -0.2) is 0 Å². The molecule has 0 bridgehead atoms. The van der Waals surface area contributed by atoms with E-state index in [-0.39, 0.29) is 5.91 Å². The average Bonchev–Trinajstić information content (AvgIpc) is 2.66. The van der Waals surface area contributed by atoms with E-state index >= 15 is 0 Å². The number of carbonyl (C=O) groups excluding carboxylic acids is 1. The van der Waals surface area contributed by atoms with Crippen LogP contribution in [-0.2, 0) is 6.54 Å². The van der Waals surface area contributed by atoms with Crippen molar-refractivity contribution < 1.29 is 4.79 Å². The van der Waals surface area contributed by atoms with Crippen LogP contribution in [0.25, 0.3) is 0 Å². The molecular weight excluding hydrogens is 340 g/mol. The van der Waals surface area contributed by atoms with Gasteiger partial charge >= 0.3 is 0 Å². The largest absolute Gasteiger partial charge is 0.321 e. The van der Waals surface area contributed by atoms with Crippen molar-refractivity contribution in [3.63, 3.8) is 0 Å². The van der Waals surface area contributed by atoms with Crippen LogP contribution in [0.3, 0.4) is 0 Å². The van der Waals surface area contributed by atoms with Crippen molar-refractivity contribution in [1.29, 1.82) is 0 Å². The van der Waals surface area contributed by atoms with Gasteiger partial charge in [-0.15, -0.1) is 11.8 Å². The number of para-hydroxylation sites is 1. The zero-order chi connectivity index (χ0) is 18.4. The van der Waals surface area contributed by atoms with Gasteiger partial charge in [0.05, 0.1) is 5.69 Å². The van der Waals surface area contributed by atoms with E-state index in [4.69, 9.17) is 0 Å². The topological polar surface area (TPSA) is 32.3 Å². The number of nitrogens with zero attached hydrogens (tertiary/aromatic N) is 1. The molecule has 0 atom stereocenters. The summed E-state index contributed by atoms with van der Waals surface area (Å²) in [4.78, 5) is 16.2. The molecule has 1 heterocycles. The molecule has 0 spiro atoms. The van der Waals surface area contributed by atoms with Crippen LogP contribution < -0.4 is 5.32 Å². The van der Waals surface area contributed by atoms with Gasteiger partial charge < -0.3 is 5.32 Å². The Balaban J connectivity index is 1.60. The lowest BCUT2D eigenvalue weighted by Crippen LogP contribution is -2.32. The molecule has 0 radical (unpaired) electrons. The summed E-state index contributed by atoms with van der Waals surface area (Å²) < 4.78 is 0. The minimum atomic E-state index is -0.0486. The van der Waals surface area contributed by atoms with E-state index < -0.39 is 0 Å². The molecule has 1 N–H and O–H groups in total. The Labute approximate surface area is 161 Å². The van der Waals surface area contributed by atoms with Crippen LogP contribution in [0.2, 0.25) is 0 Å². The normalized spacial score (nSPS) is 15.8. The minimum Gasteiger partial charge on any atom is -0.321 e. The highest BCUT2D eigenvalue weighted by molar-refractivity contribution is 7.99. The first kappa shape index (κ1) is 19.0. The first-order valence-electron chi connectivity index (χ1n) is 9.50. The average molecular weight is 369 g/mol. The Morgan fingerprint density at radius 1 is 1.12 bits per heavy atom. The maximum absolute atomic E-state index is 12.6. The van der Waals surface area contributed by atoms with Gasteiger partial charge in [0.1, 0.15) is 0 Å². The van der Waals surface area contributed by atoms with E-state index in [1.807, 2.05) is 36.4 Å². The van der Waals surface area contributed by atoms with E-state index in [9.17, 15) is 4.79 Å². The van der Waals surface area contributed by atoms with Gasteiger partial charge in [-0.1, -0.05) is 38.1 Å². The highest BCUT2D eigenvalue weighted by Gasteiger charge is 2.16. The number of amides is 1. The molecule has 3 nitrogen and oxygen atoms in total. The molecule has 0 unspecified atom stereocenters. The standard InChI is InChI=1S/C22H28N2OS/c1-3-26-21-7-5-4-6-20(21)23-22(25)19-10-8-18(9-11-19)16-24-14-12-17(2)13-15-24/h4-11,17H,3,12-16H2,1-2H3,(H,23,25). The molecule has 0 aromatic heterocycles. The molecule has 26 heavy (non-hydrogen) atoms. The quantitative estimate of drug-likeness (QED) is 0.704. The van der Waals surface area contributed by atoms with Gasteiger partial charge in [0.25, 0.3) is 5.91 Å². The van der Waals surface area contributed by atoms with Crippen molar-refractivity contribution in [1.82, 2.24) is 4.90 Å². The lowest BCUT2D eigenvalue weighted by atomic mass is 9.99. The second-order valence-electron chi connectivity index (χ2n) is 7.04. The van der Waals surface area contributed by atoms with Gasteiger partial charge in [0, 0.05) is 17.0 Å². The van der Waals surface area contributed by atoms with Crippen molar-refractivity contribution in [3.8, 4) is 0 Å². The third-order valence-electron chi connectivity index (χ3n) is 4.93. The highest BCUT2D eigenvalue weighted by atomic mass is 32.2. The summed E-state index contributed by atoms with van der Waals surface area (Å²) in [6.45, 7) is 7.78. The maximum atomic E-state index is 12.6. The molecular formula is C22H28N2OS. The number of likely N-dealkylation sites (tertiary alicyclic amines) is 1. The van der Waals surface area contributed by atoms with Crippen LogP contribution in [0.4, 0.5) is 5.69 Å². The molecule has 1 aliphatic heterocycles. The molecule has 1 amide bonds. The van der Waals surface area contributed by atoms with E-state index in [1.165, 1.54) is 31.5 Å². The third kappa shape index (κ3) is 5.12. The lowest BCUT2D eigenvalue weighted by Gasteiger charge is -2.30. The highest BCUT2D eigenvalue weighted by Crippen LogP contribution is 2.27. The van der Waals surface area contributed by atoms with E-state index in [1.54, 1.807) is 11.8 Å². The number of hydrogen-bond donors (Lipinski definition) is 1. The van der Waals surface area contributed by atoms with Crippen LogP contribution in [0.1, 0.15) is 42.6 Å². The van der Waals surface area contributed by atoms with Gasteiger partial charge in [0.2, 0.25) is 0 Å². The molecule has 138 valence electrons. The number of piperidine rings is 1. The first-order chi connectivity index (χ1) is 12.7. The maximum Gasteiger partial charge on any atom is 0.255 e. The number of thioether (sulfide) groups is 1. The van der Waals surface area contributed by atoms with E-state index in [0.29, 0.717) is 5.56 Å². The summed E-state index contributed by atoms with van der Waals surface area (Å²) in [6, 6.07) is 16.0. The molecule has 1 aliphatic rings. The van der Waals surface area contributed by atoms with E-state index in [0.717, 1.165) is 28.8 Å². The summed E-state index contributed by atoms with van der Waals surface area (Å²) in [7, 11) is 0. The Morgan fingerprint density at radius 3 is 2.50 bits per heavy atom. The van der Waals surface area contributed by atoms with Crippen LogP contribution >= 0.6 is 11.8 Å². The van der Waals surface area contributed by atoms with Crippen LogP contribution in [0.5, 0.6) is 0 Å². The van der Waals surface area contributed by atoms with Crippen LogP contribution in [-0.4, -0.2) is 29.6 Å². The van der Waals surface area contributed by atoms with Crippen LogP contribution in [0, 0.1) is 5.92 Å². The Kier molecular flexibility index (Phi) is 6.75. The molecule has 0 aliphatic carbocycles. The summed E-state index contributed by atoms with van der Waals surface area (Å²) >= 11 is 1.74.